The monoisotopic (exact) mass is 394 g/mol. The molecule has 1 aliphatic rings. The van der Waals surface area contributed by atoms with Gasteiger partial charge in [0.05, 0.1) is 24.9 Å². The van der Waals surface area contributed by atoms with E-state index in [0.29, 0.717) is 25.4 Å². The number of fused-ring (bicyclic) bond motifs is 1. The number of ether oxygens (including phenoxy) is 1. The fraction of sp³-hybridized carbons (Fsp3) is 0.364. The lowest BCUT2D eigenvalue weighted by molar-refractivity contribution is 0.122. The molecule has 0 spiro atoms. The maximum Gasteiger partial charge on any atom is 0.322 e. The number of benzene rings is 1. The lowest BCUT2D eigenvalue weighted by Gasteiger charge is -2.31. The second-order valence-corrected chi connectivity index (χ2v) is 7.05. The summed E-state index contributed by atoms with van der Waals surface area (Å²) in [4.78, 5) is 21.5. The van der Waals surface area contributed by atoms with Crippen LogP contribution in [0.1, 0.15) is 25.6 Å². The van der Waals surface area contributed by atoms with Crippen LogP contribution in [0, 0.1) is 0 Å². The molecule has 1 aliphatic heterocycles. The highest BCUT2D eigenvalue weighted by atomic mass is 16.5. The van der Waals surface area contributed by atoms with Gasteiger partial charge < -0.3 is 24.3 Å². The second-order valence-electron chi connectivity index (χ2n) is 7.05. The van der Waals surface area contributed by atoms with Crippen LogP contribution >= 0.6 is 0 Å². The number of carbonyl (C=O) groups excluding carboxylic acids is 1. The van der Waals surface area contributed by atoms with Crippen molar-refractivity contribution in [2.45, 2.75) is 19.9 Å². The van der Waals surface area contributed by atoms with Gasteiger partial charge in [0.1, 0.15) is 11.3 Å². The molecule has 2 amide bonds. The number of aromatic nitrogens is 1. The van der Waals surface area contributed by atoms with E-state index in [0.717, 1.165) is 35.6 Å². The molecule has 0 saturated carbocycles. The summed E-state index contributed by atoms with van der Waals surface area (Å²) in [5.41, 5.74) is 1.53. The summed E-state index contributed by atoms with van der Waals surface area (Å²) in [7, 11) is 0. The fourth-order valence-corrected chi connectivity index (χ4v) is 3.66. The molecule has 1 fully saturated rings. The predicted octanol–water partition coefficient (Wildman–Crippen LogP) is 4.28. The number of hydrogen-bond acceptors (Lipinski definition) is 5. The molecule has 2 aromatic heterocycles. The van der Waals surface area contributed by atoms with E-state index in [2.05, 4.69) is 15.2 Å². The van der Waals surface area contributed by atoms with Crippen LogP contribution in [0.4, 0.5) is 16.3 Å². The van der Waals surface area contributed by atoms with Gasteiger partial charge in [-0.2, -0.15) is 0 Å². The first-order valence-corrected chi connectivity index (χ1v) is 10.0. The van der Waals surface area contributed by atoms with E-state index in [1.165, 1.54) is 0 Å². The molecule has 29 heavy (non-hydrogen) atoms. The summed E-state index contributed by atoms with van der Waals surface area (Å²) < 4.78 is 11.4. The highest BCUT2D eigenvalue weighted by molar-refractivity contribution is 5.92. The number of nitrogens with one attached hydrogen (secondary N) is 1. The number of amides is 2. The standard InChI is InChI=1S/C22H26N4O3/c1-3-26(16(2)20-15-17-7-4-5-9-19(17)29-20)22(27)24-18-8-6-10-23-21(18)25-11-13-28-14-12-25/h4-10,15-16H,3,11-14H2,1-2H3,(H,24,27)/t16-/m0/s1. The van der Waals surface area contributed by atoms with Crippen LogP contribution in [0.5, 0.6) is 0 Å². The van der Waals surface area contributed by atoms with Gasteiger partial charge >= 0.3 is 6.03 Å². The fourth-order valence-electron chi connectivity index (χ4n) is 3.66. The molecule has 0 bridgehead atoms. The third-order valence-corrected chi connectivity index (χ3v) is 5.26. The Morgan fingerprint density at radius 3 is 2.79 bits per heavy atom. The van der Waals surface area contributed by atoms with Crippen LogP contribution in [-0.4, -0.2) is 48.8 Å². The Morgan fingerprint density at radius 1 is 1.24 bits per heavy atom. The van der Waals surface area contributed by atoms with Gasteiger partial charge in [-0.25, -0.2) is 9.78 Å². The molecule has 0 radical (unpaired) electrons. The quantitative estimate of drug-likeness (QED) is 0.699. The minimum atomic E-state index is -0.198. The van der Waals surface area contributed by atoms with Gasteiger partial charge in [0.25, 0.3) is 0 Å². The Labute approximate surface area is 170 Å². The maximum atomic E-state index is 13.1. The third kappa shape index (κ3) is 4.05. The number of anilines is 2. The Kier molecular flexibility index (Phi) is 5.67. The molecule has 1 saturated heterocycles. The zero-order valence-corrected chi connectivity index (χ0v) is 16.8. The summed E-state index contributed by atoms with van der Waals surface area (Å²) in [5, 5.41) is 4.08. The topological polar surface area (TPSA) is 70.8 Å². The van der Waals surface area contributed by atoms with E-state index >= 15 is 0 Å². The van der Waals surface area contributed by atoms with Crippen LogP contribution in [0.15, 0.2) is 53.1 Å². The van der Waals surface area contributed by atoms with Crippen molar-refractivity contribution in [2.75, 3.05) is 43.1 Å². The first-order valence-electron chi connectivity index (χ1n) is 10.0. The van der Waals surface area contributed by atoms with E-state index in [1.807, 2.05) is 56.3 Å². The Balaban J connectivity index is 1.53. The molecule has 1 aromatic carbocycles. The lowest BCUT2D eigenvalue weighted by atomic mass is 10.2. The predicted molar refractivity (Wildman–Crippen MR) is 113 cm³/mol. The summed E-state index contributed by atoms with van der Waals surface area (Å²) in [6, 6.07) is 13.2. The molecule has 0 unspecified atom stereocenters. The number of furan rings is 1. The second kappa shape index (κ2) is 8.53. The first-order chi connectivity index (χ1) is 14.2. The molecule has 1 atom stereocenters. The molecule has 7 heteroatoms. The molecule has 7 nitrogen and oxygen atoms in total. The van der Waals surface area contributed by atoms with E-state index in [9.17, 15) is 4.79 Å². The van der Waals surface area contributed by atoms with Gasteiger partial charge in [-0.15, -0.1) is 0 Å². The minimum Gasteiger partial charge on any atom is -0.459 e. The number of para-hydroxylation sites is 1. The average Bonchev–Trinajstić information content (AvgIpc) is 3.19. The normalized spacial score (nSPS) is 15.3. The van der Waals surface area contributed by atoms with Crippen LogP contribution in [-0.2, 0) is 4.74 Å². The van der Waals surface area contributed by atoms with Gasteiger partial charge in [-0.05, 0) is 38.1 Å². The van der Waals surface area contributed by atoms with Crippen LogP contribution in [0.3, 0.4) is 0 Å². The third-order valence-electron chi connectivity index (χ3n) is 5.26. The van der Waals surface area contributed by atoms with Gasteiger partial charge in [-0.1, -0.05) is 18.2 Å². The smallest absolute Gasteiger partial charge is 0.322 e. The number of carbonyl (C=O) groups is 1. The molecule has 4 rings (SSSR count). The van der Waals surface area contributed by atoms with Crippen molar-refractivity contribution in [2.24, 2.45) is 0 Å². The van der Waals surface area contributed by atoms with Crippen molar-refractivity contribution < 1.29 is 13.9 Å². The molecule has 3 aromatic rings. The van der Waals surface area contributed by atoms with Crippen molar-refractivity contribution in [3.8, 4) is 0 Å². The number of hydrogen-bond donors (Lipinski definition) is 1. The molecule has 0 aliphatic carbocycles. The number of pyridine rings is 1. The lowest BCUT2D eigenvalue weighted by Crippen LogP contribution is -2.39. The summed E-state index contributed by atoms with van der Waals surface area (Å²) >= 11 is 0. The zero-order chi connectivity index (χ0) is 20.2. The van der Waals surface area contributed by atoms with Gasteiger partial charge in [0.2, 0.25) is 0 Å². The first kappa shape index (κ1) is 19.3. The Bertz CT molecular complexity index is 948. The van der Waals surface area contributed by atoms with Crippen molar-refractivity contribution in [1.29, 1.82) is 0 Å². The van der Waals surface area contributed by atoms with Crippen molar-refractivity contribution >= 4 is 28.5 Å². The number of rotatable bonds is 5. The van der Waals surface area contributed by atoms with Crippen LogP contribution in [0.2, 0.25) is 0 Å². The van der Waals surface area contributed by atoms with E-state index in [4.69, 9.17) is 9.15 Å². The van der Waals surface area contributed by atoms with Crippen molar-refractivity contribution in [3.63, 3.8) is 0 Å². The SMILES string of the molecule is CCN(C(=O)Nc1cccnc1N1CCOCC1)[C@@H](C)c1cc2ccccc2o1. The van der Waals surface area contributed by atoms with E-state index < -0.39 is 0 Å². The summed E-state index contributed by atoms with van der Waals surface area (Å²) in [5.74, 6) is 1.54. The number of morpholine rings is 1. The van der Waals surface area contributed by atoms with E-state index in [1.54, 1.807) is 11.1 Å². The molecule has 152 valence electrons. The van der Waals surface area contributed by atoms with Crippen molar-refractivity contribution in [3.05, 3.63) is 54.4 Å². The van der Waals surface area contributed by atoms with Crippen LogP contribution < -0.4 is 10.2 Å². The number of nitrogens with zero attached hydrogens (tertiary/aromatic N) is 3. The molecular weight excluding hydrogens is 368 g/mol. The average molecular weight is 394 g/mol. The number of urea groups is 1. The maximum absolute atomic E-state index is 13.1. The van der Waals surface area contributed by atoms with Crippen LogP contribution in [0.25, 0.3) is 11.0 Å². The van der Waals surface area contributed by atoms with Gasteiger partial charge in [0, 0.05) is 31.2 Å². The Morgan fingerprint density at radius 2 is 2.03 bits per heavy atom. The van der Waals surface area contributed by atoms with Crippen molar-refractivity contribution in [1.82, 2.24) is 9.88 Å². The summed E-state index contributed by atoms with van der Waals surface area (Å²) in [6.07, 6.45) is 1.75. The van der Waals surface area contributed by atoms with Gasteiger partial charge in [0.15, 0.2) is 5.82 Å². The highest BCUT2D eigenvalue weighted by Gasteiger charge is 2.25. The van der Waals surface area contributed by atoms with Gasteiger partial charge in [-0.3, -0.25) is 0 Å². The van der Waals surface area contributed by atoms with E-state index in [-0.39, 0.29) is 12.1 Å². The Hall–Kier alpha value is -3.06. The molecule has 3 heterocycles. The summed E-state index contributed by atoms with van der Waals surface area (Å²) in [6.45, 7) is 7.33. The molecular formula is C22H26N4O3. The largest absolute Gasteiger partial charge is 0.459 e. The zero-order valence-electron chi connectivity index (χ0n) is 16.8. The minimum absolute atomic E-state index is 0.178. The highest BCUT2D eigenvalue weighted by Crippen LogP contribution is 2.29. The molecule has 1 N–H and O–H groups in total.